The van der Waals surface area contributed by atoms with Gasteiger partial charge < -0.3 is 15.0 Å². The van der Waals surface area contributed by atoms with Crippen LogP contribution in [0.2, 0.25) is 0 Å². The Balaban J connectivity index is 2.94. The van der Waals surface area contributed by atoms with E-state index in [0.29, 0.717) is 6.54 Å². The van der Waals surface area contributed by atoms with Crippen molar-refractivity contribution in [2.75, 3.05) is 6.54 Å². The molecule has 1 heterocycles. The van der Waals surface area contributed by atoms with E-state index in [1.54, 1.807) is 6.33 Å². The molecule has 7 heteroatoms. The van der Waals surface area contributed by atoms with Gasteiger partial charge in [0.15, 0.2) is 0 Å². The number of aliphatic carboxylic acids is 1. The first-order valence-corrected chi connectivity index (χ1v) is 6.98. The summed E-state index contributed by atoms with van der Waals surface area (Å²) in [7, 11) is 0. The number of hydrogen-bond acceptors (Lipinski definition) is 3. The van der Waals surface area contributed by atoms with E-state index in [2.05, 4.69) is 55.5 Å². The Morgan fingerprint density at radius 1 is 1.69 bits per heavy atom. The van der Waals surface area contributed by atoms with Gasteiger partial charge in [-0.3, -0.25) is 4.79 Å². The average Bonchev–Trinajstić information content (AvgIpc) is 2.55. The van der Waals surface area contributed by atoms with Crippen LogP contribution in [-0.2, 0) is 4.79 Å². The van der Waals surface area contributed by atoms with Gasteiger partial charge in [0.05, 0.1) is 12.4 Å². The molecule has 1 rings (SSSR count). The summed E-state index contributed by atoms with van der Waals surface area (Å²) in [6, 6.07) is -0.760. The minimum Gasteiger partial charge on any atom is -0.480 e. The maximum Gasteiger partial charge on any atom is 0.322 e. The first-order chi connectivity index (χ1) is 7.49. The number of carboxylic acids is 1. The van der Waals surface area contributed by atoms with Gasteiger partial charge in [-0.1, -0.05) is 6.92 Å². The van der Waals surface area contributed by atoms with Crippen molar-refractivity contribution in [2.24, 2.45) is 0 Å². The van der Waals surface area contributed by atoms with Gasteiger partial charge >= 0.3 is 5.97 Å². The Labute approximate surface area is 121 Å². The molecule has 2 atom stereocenters. The Bertz CT molecular complexity index is 381. The number of aromatic nitrogens is 2. The second-order valence-electron chi connectivity index (χ2n) is 3.35. The zero-order chi connectivity index (χ0) is 12.3. The highest BCUT2D eigenvalue weighted by atomic mass is 127. The Hall–Kier alpha value is 0.100. The largest absolute Gasteiger partial charge is 0.480 e. The van der Waals surface area contributed by atoms with Crippen LogP contribution in [0, 0.1) is 7.40 Å². The lowest BCUT2D eigenvalue weighted by Gasteiger charge is -2.22. The van der Waals surface area contributed by atoms with Crippen LogP contribution in [0.3, 0.4) is 0 Å². The van der Waals surface area contributed by atoms with E-state index in [1.165, 1.54) is 0 Å². The molecule has 0 saturated carbocycles. The summed E-state index contributed by atoms with van der Waals surface area (Å²) in [6.45, 7) is 4.40. The molecule has 1 aromatic rings. The van der Waals surface area contributed by atoms with Crippen LogP contribution in [0.25, 0.3) is 0 Å². The number of nitrogens with zero attached hydrogens (tertiary/aromatic N) is 2. The predicted molar refractivity (Wildman–Crippen MR) is 77.5 cm³/mol. The molecule has 0 aliphatic heterocycles. The fourth-order valence-electron chi connectivity index (χ4n) is 1.45. The van der Waals surface area contributed by atoms with Gasteiger partial charge in [-0.15, -0.1) is 0 Å². The number of imidazole rings is 1. The van der Waals surface area contributed by atoms with Gasteiger partial charge in [-0.25, -0.2) is 4.98 Å². The molecule has 2 unspecified atom stereocenters. The quantitative estimate of drug-likeness (QED) is 0.673. The van der Waals surface area contributed by atoms with E-state index in [0.717, 1.165) is 7.40 Å². The molecule has 0 aromatic carbocycles. The lowest BCUT2D eigenvalue weighted by Crippen LogP contribution is -2.42. The van der Waals surface area contributed by atoms with Gasteiger partial charge in [-0.05, 0) is 58.7 Å². The molecule has 0 amide bonds. The summed E-state index contributed by atoms with van der Waals surface area (Å²) >= 11 is 4.31. The highest BCUT2D eigenvalue weighted by molar-refractivity contribution is 14.1. The Morgan fingerprint density at radius 3 is 2.69 bits per heavy atom. The van der Waals surface area contributed by atoms with Crippen molar-refractivity contribution in [3.63, 3.8) is 0 Å². The third-order valence-corrected chi connectivity index (χ3v) is 5.19. The van der Waals surface area contributed by atoms with Crippen molar-refractivity contribution in [3.05, 3.63) is 13.7 Å². The molecule has 0 aliphatic carbocycles. The molecule has 1 aromatic heterocycles. The summed E-state index contributed by atoms with van der Waals surface area (Å²) in [6.07, 6.45) is 1.68. The summed E-state index contributed by atoms with van der Waals surface area (Å²) in [5.74, 6) is -0.839. The number of likely N-dealkylation sites (N-methyl/N-ethyl adjacent to an activating group) is 1. The molecule has 5 nitrogen and oxygen atoms in total. The molecule has 0 fully saturated rings. The zero-order valence-corrected chi connectivity index (χ0v) is 13.3. The number of carboxylic acid groups (broad SMARTS) is 1. The van der Waals surface area contributed by atoms with Crippen molar-refractivity contribution in [1.82, 2.24) is 14.9 Å². The Kier molecular flexibility index (Phi) is 5.44. The highest BCUT2D eigenvalue weighted by Gasteiger charge is 2.26. The van der Waals surface area contributed by atoms with Gasteiger partial charge in [0.1, 0.15) is 13.4 Å². The van der Waals surface area contributed by atoms with Crippen LogP contribution in [-0.4, -0.2) is 33.2 Å². The van der Waals surface area contributed by atoms with E-state index in [-0.39, 0.29) is 6.04 Å². The monoisotopic (exact) mass is 449 g/mol. The maximum atomic E-state index is 11.1. The molecule has 2 N–H and O–H groups in total. The van der Waals surface area contributed by atoms with Crippen molar-refractivity contribution < 1.29 is 9.90 Å². The number of hydrogen-bond donors (Lipinski definition) is 2. The molecule has 0 saturated heterocycles. The molecular weight excluding hydrogens is 436 g/mol. The van der Waals surface area contributed by atoms with Crippen LogP contribution in [0.15, 0.2) is 6.33 Å². The number of carbonyl (C=O) groups is 1. The molecule has 0 bridgehead atoms. The SMILES string of the molecule is CCNC(C(=O)O)C(C)n1cnc(I)c1I. The minimum atomic E-state index is -0.839. The fraction of sp³-hybridized carbons (Fsp3) is 0.556. The van der Waals surface area contributed by atoms with E-state index in [4.69, 9.17) is 5.11 Å². The second kappa shape index (κ2) is 6.15. The summed E-state index contributed by atoms with van der Waals surface area (Å²) in [5, 5.41) is 12.1. The van der Waals surface area contributed by atoms with Gasteiger partial charge in [-0.2, -0.15) is 0 Å². The van der Waals surface area contributed by atoms with Crippen molar-refractivity contribution >= 4 is 51.2 Å². The van der Waals surface area contributed by atoms with Gasteiger partial charge in [0.2, 0.25) is 0 Å². The normalized spacial score (nSPS) is 14.8. The van der Waals surface area contributed by atoms with Gasteiger partial charge in [0.25, 0.3) is 0 Å². The average molecular weight is 449 g/mol. The molecule has 16 heavy (non-hydrogen) atoms. The first-order valence-electron chi connectivity index (χ1n) is 4.83. The fourth-order valence-corrected chi connectivity index (χ4v) is 2.56. The third-order valence-electron chi connectivity index (χ3n) is 2.30. The lowest BCUT2D eigenvalue weighted by molar-refractivity contribution is -0.140. The van der Waals surface area contributed by atoms with E-state index in [9.17, 15) is 4.79 Å². The van der Waals surface area contributed by atoms with Crippen molar-refractivity contribution in [3.8, 4) is 0 Å². The standard InChI is InChI=1S/C9H13I2N3O2/c1-3-12-6(9(15)16)5(2)14-4-13-7(10)8(14)11/h4-6,12H,3H2,1-2H3,(H,15,16). The Morgan fingerprint density at radius 2 is 2.31 bits per heavy atom. The van der Waals surface area contributed by atoms with E-state index >= 15 is 0 Å². The summed E-state index contributed by atoms with van der Waals surface area (Å²) < 4.78 is 3.74. The molecule has 90 valence electrons. The minimum absolute atomic E-state index is 0.166. The third kappa shape index (κ3) is 3.06. The summed E-state index contributed by atoms with van der Waals surface area (Å²) in [4.78, 5) is 15.3. The van der Waals surface area contributed by atoms with Crippen LogP contribution < -0.4 is 5.32 Å². The molecule has 0 spiro atoms. The first kappa shape index (κ1) is 14.2. The maximum absolute atomic E-state index is 11.1. The topological polar surface area (TPSA) is 67.2 Å². The van der Waals surface area contributed by atoms with Crippen LogP contribution in [0.1, 0.15) is 19.9 Å². The number of halogens is 2. The van der Waals surface area contributed by atoms with Gasteiger partial charge in [0, 0.05) is 0 Å². The molecular formula is C9H13I2N3O2. The lowest BCUT2D eigenvalue weighted by atomic mass is 10.1. The van der Waals surface area contributed by atoms with E-state index in [1.807, 2.05) is 18.4 Å². The van der Waals surface area contributed by atoms with Crippen molar-refractivity contribution in [2.45, 2.75) is 25.9 Å². The van der Waals surface area contributed by atoms with Crippen LogP contribution in [0.4, 0.5) is 0 Å². The predicted octanol–water partition coefficient (Wildman–Crippen LogP) is 1.72. The molecule has 0 aliphatic rings. The second-order valence-corrected chi connectivity index (χ2v) is 5.39. The molecule has 0 radical (unpaired) electrons. The highest BCUT2D eigenvalue weighted by Crippen LogP contribution is 2.20. The summed E-state index contributed by atoms with van der Waals surface area (Å²) in [5.41, 5.74) is 0. The smallest absolute Gasteiger partial charge is 0.322 e. The van der Waals surface area contributed by atoms with E-state index < -0.39 is 12.0 Å². The zero-order valence-electron chi connectivity index (χ0n) is 8.94. The number of nitrogens with one attached hydrogen (secondary N) is 1. The number of rotatable bonds is 5. The van der Waals surface area contributed by atoms with Crippen LogP contribution >= 0.6 is 45.2 Å². The van der Waals surface area contributed by atoms with Crippen molar-refractivity contribution in [1.29, 1.82) is 0 Å². The van der Waals surface area contributed by atoms with Crippen LogP contribution in [0.5, 0.6) is 0 Å².